The first-order valence-electron chi connectivity index (χ1n) is 7.98. The largest absolute Gasteiger partial charge is 0.338 e. The fourth-order valence-corrected chi connectivity index (χ4v) is 3.35. The maximum atomic E-state index is 4.45. The summed E-state index contributed by atoms with van der Waals surface area (Å²) in [6.45, 7) is 4.60. The fourth-order valence-electron chi connectivity index (χ4n) is 3.35. The number of nitrogens with one attached hydrogen (secondary N) is 1. The number of aryl methyl sites for hydroxylation is 2. The first-order chi connectivity index (χ1) is 9.31. The molecule has 1 atom stereocenters. The third-order valence-corrected chi connectivity index (χ3v) is 4.56. The Kier molecular flexibility index (Phi) is 5.90. The molecule has 3 heteroatoms. The molecule has 0 amide bonds. The molecular weight excluding hydrogens is 234 g/mol. The van der Waals surface area contributed by atoms with Crippen molar-refractivity contribution >= 4 is 0 Å². The van der Waals surface area contributed by atoms with Crippen LogP contribution in [0.25, 0.3) is 0 Å². The number of nitrogens with zero attached hydrogens (tertiary/aromatic N) is 2. The predicted octanol–water partition coefficient (Wildman–Crippen LogP) is 3.16. The van der Waals surface area contributed by atoms with Gasteiger partial charge in [0.15, 0.2) is 0 Å². The van der Waals surface area contributed by atoms with Gasteiger partial charge in [-0.2, -0.15) is 0 Å². The van der Waals surface area contributed by atoms with Crippen LogP contribution in [0.5, 0.6) is 0 Å². The van der Waals surface area contributed by atoms with Crippen molar-refractivity contribution in [3.63, 3.8) is 0 Å². The van der Waals surface area contributed by atoms with Gasteiger partial charge < -0.3 is 9.88 Å². The van der Waals surface area contributed by atoms with Crippen LogP contribution in [0.1, 0.15) is 51.3 Å². The summed E-state index contributed by atoms with van der Waals surface area (Å²) in [5.74, 6) is 3.02. The molecule has 3 nitrogen and oxygen atoms in total. The van der Waals surface area contributed by atoms with Crippen LogP contribution < -0.4 is 5.32 Å². The van der Waals surface area contributed by atoms with Crippen LogP contribution in [0.2, 0.25) is 0 Å². The van der Waals surface area contributed by atoms with Crippen LogP contribution in [0.3, 0.4) is 0 Å². The Morgan fingerprint density at radius 3 is 2.84 bits per heavy atom. The van der Waals surface area contributed by atoms with Gasteiger partial charge in [-0.25, -0.2) is 4.98 Å². The van der Waals surface area contributed by atoms with E-state index in [9.17, 15) is 0 Å². The first kappa shape index (κ1) is 14.6. The van der Waals surface area contributed by atoms with Gasteiger partial charge >= 0.3 is 0 Å². The molecule has 0 aliphatic heterocycles. The van der Waals surface area contributed by atoms with Crippen LogP contribution in [0, 0.1) is 11.8 Å². The highest BCUT2D eigenvalue weighted by Gasteiger charge is 2.24. The molecule has 1 aromatic rings. The zero-order valence-corrected chi connectivity index (χ0v) is 12.6. The van der Waals surface area contributed by atoms with Crippen LogP contribution in [0.15, 0.2) is 12.4 Å². The monoisotopic (exact) mass is 263 g/mol. The van der Waals surface area contributed by atoms with E-state index in [0.29, 0.717) is 0 Å². The quantitative estimate of drug-likeness (QED) is 0.730. The van der Waals surface area contributed by atoms with E-state index in [0.717, 1.165) is 24.8 Å². The van der Waals surface area contributed by atoms with Gasteiger partial charge in [0, 0.05) is 25.9 Å². The molecule has 0 bridgehead atoms. The zero-order valence-electron chi connectivity index (χ0n) is 12.6. The van der Waals surface area contributed by atoms with Crippen molar-refractivity contribution in [3.05, 3.63) is 18.2 Å². The second kappa shape index (κ2) is 7.68. The van der Waals surface area contributed by atoms with Crippen molar-refractivity contribution < 1.29 is 0 Å². The molecule has 1 aliphatic rings. The number of aromatic nitrogens is 2. The van der Waals surface area contributed by atoms with Gasteiger partial charge in [-0.3, -0.25) is 0 Å². The maximum Gasteiger partial charge on any atom is 0.108 e. The van der Waals surface area contributed by atoms with Gasteiger partial charge in [0.25, 0.3) is 0 Å². The van der Waals surface area contributed by atoms with Crippen LogP contribution in [-0.4, -0.2) is 22.6 Å². The van der Waals surface area contributed by atoms with E-state index in [4.69, 9.17) is 0 Å². The van der Waals surface area contributed by atoms with E-state index in [1.165, 1.54) is 50.9 Å². The Morgan fingerprint density at radius 1 is 1.42 bits per heavy atom. The van der Waals surface area contributed by atoms with Crippen molar-refractivity contribution in [1.82, 2.24) is 14.9 Å². The van der Waals surface area contributed by atoms with E-state index in [1.54, 1.807) is 0 Å². The molecule has 0 saturated heterocycles. The maximum absolute atomic E-state index is 4.45. The fraction of sp³-hybridized carbons (Fsp3) is 0.812. The highest BCUT2D eigenvalue weighted by molar-refractivity contribution is 4.92. The minimum Gasteiger partial charge on any atom is -0.338 e. The smallest absolute Gasteiger partial charge is 0.108 e. The molecule has 19 heavy (non-hydrogen) atoms. The standard InChI is InChI=1S/C16H29N3/c1-3-10-17-13-15(14-6-4-5-7-14)8-9-16-18-11-12-19(16)2/h11-12,14-15,17H,3-10,13H2,1-2H3. The molecule has 1 aliphatic carbocycles. The molecule has 1 N–H and O–H groups in total. The summed E-state index contributed by atoms with van der Waals surface area (Å²) in [6, 6.07) is 0. The second-order valence-electron chi connectivity index (χ2n) is 6.00. The second-order valence-corrected chi connectivity index (χ2v) is 6.00. The van der Waals surface area contributed by atoms with Crippen molar-refractivity contribution in [2.24, 2.45) is 18.9 Å². The molecule has 1 unspecified atom stereocenters. The van der Waals surface area contributed by atoms with Crippen molar-refractivity contribution in [1.29, 1.82) is 0 Å². The number of imidazole rings is 1. The molecule has 1 aromatic heterocycles. The Hall–Kier alpha value is -0.830. The minimum absolute atomic E-state index is 0.839. The third-order valence-electron chi connectivity index (χ3n) is 4.56. The lowest BCUT2D eigenvalue weighted by Crippen LogP contribution is -2.28. The van der Waals surface area contributed by atoms with Gasteiger partial charge in [-0.05, 0) is 37.8 Å². The lowest BCUT2D eigenvalue weighted by molar-refractivity contribution is 0.302. The lowest BCUT2D eigenvalue weighted by atomic mass is 9.87. The molecule has 0 spiro atoms. The Labute approximate surface area is 117 Å². The highest BCUT2D eigenvalue weighted by atomic mass is 15.0. The average Bonchev–Trinajstić information content (AvgIpc) is 3.05. The van der Waals surface area contributed by atoms with Crippen LogP contribution in [-0.2, 0) is 13.5 Å². The number of hydrogen-bond donors (Lipinski definition) is 1. The molecular formula is C16H29N3. The molecule has 0 aromatic carbocycles. The molecule has 0 radical (unpaired) electrons. The molecule has 1 heterocycles. The van der Waals surface area contributed by atoms with E-state index in [-0.39, 0.29) is 0 Å². The van der Waals surface area contributed by atoms with E-state index in [1.807, 2.05) is 6.20 Å². The molecule has 1 fully saturated rings. The topological polar surface area (TPSA) is 29.9 Å². The van der Waals surface area contributed by atoms with E-state index >= 15 is 0 Å². The lowest BCUT2D eigenvalue weighted by Gasteiger charge is -2.23. The summed E-state index contributed by atoms with van der Waals surface area (Å²) in [4.78, 5) is 4.45. The predicted molar refractivity (Wildman–Crippen MR) is 80.1 cm³/mol. The Morgan fingerprint density at radius 2 is 2.21 bits per heavy atom. The number of rotatable bonds is 8. The Balaban J connectivity index is 1.83. The normalized spacial score (nSPS) is 18.0. The highest BCUT2D eigenvalue weighted by Crippen LogP contribution is 2.33. The minimum atomic E-state index is 0.839. The van der Waals surface area contributed by atoms with Crippen molar-refractivity contribution in [2.45, 2.75) is 51.9 Å². The summed E-state index contributed by atoms with van der Waals surface area (Å²) < 4.78 is 2.16. The average molecular weight is 263 g/mol. The van der Waals surface area contributed by atoms with Gasteiger partial charge in [-0.15, -0.1) is 0 Å². The van der Waals surface area contributed by atoms with Gasteiger partial charge in [0.05, 0.1) is 0 Å². The van der Waals surface area contributed by atoms with Crippen molar-refractivity contribution in [2.75, 3.05) is 13.1 Å². The molecule has 2 rings (SSSR count). The van der Waals surface area contributed by atoms with Crippen molar-refractivity contribution in [3.8, 4) is 0 Å². The number of hydrogen-bond acceptors (Lipinski definition) is 2. The summed E-state index contributed by atoms with van der Waals surface area (Å²) in [6.07, 6.45) is 13.4. The summed E-state index contributed by atoms with van der Waals surface area (Å²) in [5.41, 5.74) is 0. The summed E-state index contributed by atoms with van der Waals surface area (Å²) in [5, 5.41) is 3.63. The molecule has 108 valence electrons. The summed E-state index contributed by atoms with van der Waals surface area (Å²) in [7, 11) is 2.10. The summed E-state index contributed by atoms with van der Waals surface area (Å²) >= 11 is 0. The first-order valence-corrected chi connectivity index (χ1v) is 7.98. The van der Waals surface area contributed by atoms with Gasteiger partial charge in [0.1, 0.15) is 5.82 Å². The van der Waals surface area contributed by atoms with Crippen LogP contribution >= 0.6 is 0 Å². The van der Waals surface area contributed by atoms with E-state index in [2.05, 4.69) is 35.0 Å². The zero-order chi connectivity index (χ0) is 13.5. The SMILES string of the molecule is CCCNCC(CCc1nccn1C)C1CCCC1. The molecule has 1 saturated carbocycles. The van der Waals surface area contributed by atoms with Crippen LogP contribution in [0.4, 0.5) is 0 Å². The third kappa shape index (κ3) is 4.34. The van der Waals surface area contributed by atoms with E-state index < -0.39 is 0 Å². The van der Waals surface area contributed by atoms with Gasteiger partial charge in [-0.1, -0.05) is 32.6 Å². The Bertz CT molecular complexity index is 353. The van der Waals surface area contributed by atoms with Gasteiger partial charge in [0.2, 0.25) is 0 Å².